The van der Waals surface area contributed by atoms with Crippen molar-refractivity contribution in [1.82, 2.24) is 19.5 Å². The first-order valence-electron chi connectivity index (χ1n) is 6.98. The van der Waals surface area contributed by atoms with Gasteiger partial charge < -0.3 is 9.31 Å². The molecule has 7 heteroatoms. The van der Waals surface area contributed by atoms with E-state index < -0.39 is 7.12 Å². The van der Waals surface area contributed by atoms with Crippen LogP contribution in [0.15, 0.2) is 24.8 Å². The lowest BCUT2D eigenvalue weighted by Gasteiger charge is -2.32. The maximum Gasteiger partial charge on any atom is 0.516 e. The van der Waals surface area contributed by atoms with Crippen LogP contribution in [0.1, 0.15) is 33.5 Å². The van der Waals surface area contributed by atoms with Crippen LogP contribution in [0.5, 0.6) is 0 Å². The fourth-order valence-electron chi connectivity index (χ4n) is 2.23. The number of imidazole rings is 1. The zero-order valence-corrected chi connectivity index (χ0v) is 13.0. The molecular formula is C14H19BN4O2. The van der Waals surface area contributed by atoms with Crippen molar-refractivity contribution in [1.29, 1.82) is 0 Å². The third kappa shape index (κ3) is 2.36. The Morgan fingerprint density at radius 3 is 2.38 bits per heavy atom. The van der Waals surface area contributed by atoms with Crippen LogP contribution in [0.25, 0.3) is 5.82 Å². The van der Waals surface area contributed by atoms with Crippen LogP contribution in [0, 0.1) is 6.92 Å². The molecule has 0 unspecified atom stereocenters. The third-order valence-corrected chi connectivity index (χ3v) is 4.21. The summed E-state index contributed by atoms with van der Waals surface area (Å²) in [6, 6.07) is 1.84. The molecule has 3 heterocycles. The lowest BCUT2D eigenvalue weighted by atomic mass is 9.86. The molecule has 1 aliphatic heterocycles. The molecular weight excluding hydrogens is 267 g/mol. The van der Waals surface area contributed by atoms with Crippen molar-refractivity contribution < 1.29 is 9.31 Å². The molecule has 110 valence electrons. The van der Waals surface area contributed by atoms with Gasteiger partial charge in [0.15, 0.2) is 0 Å². The molecule has 1 fully saturated rings. The SMILES string of the molecule is Cc1nc(B2OC(C)(C)C(C)(C)O2)cn1-c1ccncn1. The van der Waals surface area contributed by atoms with Crippen molar-refractivity contribution in [3.63, 3.8) is 0 Å². The standard InChI is InChI=1S/C14H19BN4O2/c1-10-18-11(8-19(10)12-6-7-16-9-17-12)15-20-13(2,3)14(4,5)21-15/h6-9H,1-5H3. The van der Waals surface area contributed by atoms with Gasteiger partial charge in [-0.3, -0.25) is 4.57 Å². The van der Waals surface area contributed by atoms with E-state index in [2.05, 4.69) is 15.0 Å². The zero-order chi connectivity index (χ0) is 15.3. The summed E-state index contributed by atoms with van der Waals surface area (Å²) in [5.41, 5.74) is 0.0129. The largest absolute Gasteiger partial charge is 0.516 e. The summed E-state index contributed by atoms with van der Waals surface area (Å²) in [6.07, 6.45) is 5.12. The summed E-state index contributed by atoms with van der Waals surface area (Å²) >= 11 is 0. The van der Waals surface area contributed by atoms with Crippen LogP contribution in [0.4, 0.5) is 0 Å². The fraction of sp³-hybridized carbons (Fsp3) is 0.500. The van der Waals surface area contributed by atoms with Gasteiger partial charge >= 0.3 is 7.12 Å². The second-order valence-electron chi connectivity index (χ2n) is 6.24. The molecule has 3 rings (SSSR count). The molecule has 2 aromatic heterocycles. The number of hydrogen-bond donors (Lipinski definition) is 0. The molecule has 0 bridgehead atoms. The molecule has 1 saturated heterocycles. The van der Waals surface area contributed by atoms with Crippen LogP contribution < -0.4 is 5.59 Å². The van der Waals surface area contributed by atoms with E-state index in [-0.39, 0.29) is 11.2 Å². The number of nitrogens with zero attached hydrogens (tertiary/aromatic N) is 4. The van der Waals surface area contributed by atoms with E-state index >= 15 is 0 Å². The summed E-state index contributed by atoms with van der Waals surface area (Å²) in [5, 5.41) is 0. The highest BCUT2D eigenvalue weighted by molar-refractivity contribution is 6.61. The zero-order valence-electron chi connectivity index (χ0n) is 13.0. The third-order valence-electron chi connectivity index (χ3n) is 4.21. The number of rotatable bonds is 2. The van der Waals surface area contributed by atoms with Gasteiger partial charge in [-0.15, -0.1) is 0 Å². The molecule has 0 amide bonds. The predicted molar refractivity (Wildman–Crippen MR) is 79.6 cm³/mol. The first-order chi connectivity index (χ1) is 9.80. The molecule has 0 spiro atoms. The minimum atomic E-state index is -0.461. The van der Waals surface area contributed by atoms with E-state index in [1.165, 1.54) is 6.33 Å². The molecule has 0 atom stereocenters. The molecule has 21 heavy (non-hydrogen) atoms. The van der Waals surface area contributed by atoms with Crippen LogP contribution in [-0.4, -0.2) is 37.8 Å². The Kier molecular flexibility index (Phi) is 3.14. The Morgan fingerprint density at radius 2 is 1.81 bits per heavy atom. The Balaban J connectivity index is 1.93. The first-order valence-corrected chi connectivity index (χ1v) is 6.98. The summed E-state index contributed by atoms with van der Waals surface area (Å²) in [4.78, 5) is 12.7. The Hall–Kier alpha value is -1.73. The predicted octanol–water partition coefficient (Wildman–Crippen LogP) is 1.27. The van der Waals surface area contributed by atoms with Gasteiger partial charge in [0.2, 0.25) is 0 Å². The normalized spacial score (nSPS) is 20.0. The van der Waals surface area contributed by atoms with Crippen LogP contribution in [-0.2, 0) is 9.31 Å². The summed E-state index contributed by atoms with van der Waals surface area (Å²) in [6.45, 7) is 10.0. The molecule has 2 aromatic rings. The van der Waals surface area contributed by atoms with Crippen molar-refractivity contribution in [2.24, 2.45) is 0 Å². The van der Waals surface area contributed by atoms with Gasteiger partial charge in [0.1, 0.15) is 18.0 Å². The second kappa shape index (κ2) is 4.64. The number of aromatic nitrogens is 4. The van der Waals surface area contributed by atoms with Gasteiger partial charge in [-0.1, -0.05) is 0 Å². The van der Waals surface area contributed by atoms with Crippen molar-refractivity contribution in [3.05, 3.63) is 30.6 Å². The Morgan fingerprint density at radius 1 is 1.14 bits per heavy atom. The number of hydrogen-bond acceptors (Lipinski definition) is 5. The van der Waals surface area contributed by atoms with Gasteiger partial charge in [0.25, 0.3) is 0 Å². The molecule has 0 saturated carbocycles. The highest BCUT2D eigenvalue weighted by Gasteiger charge is 2.52. The van der Waals surface area contributed by atoms with E-state index in [1.807, 2.05) is 51.4 Å². The first kappa shape index (κ1) is 14.2. The monoisotopic (exact) mass is 286 g/mol. The Labute approximate surface area is 124 Å². The lowest BCUT2D eigenvalue weighted by Crippen LogP contribution is -2.41. The molecule has 6 nitrogen and oxygen atoms in total. The fourth-order valence-corrected chi connectivity index (χ4v) is 2.23. The van der Waals surface area contributed by atoms with E-state index in [0.29, 0.717) is 0 Å². The Bertz CT molecular complexity index is 638. The van der Waals surface area contributed by atoms with Gasteiger partial charge in [0.05, 0.1) is 16.8 Å². The summed E-state index contributed by atoms with van der Waals surface area (Å²) < 4.78 is 14.0. The van der Waals surface area contributed by atoms with Crippen molar-refractivity contribution in [2.45, 2.75) is 45.8 Å². The minimum absolute atomic E-state index is 0.371. The summed E-state index contributed by atoms with van der Waals surface area (Å²) in [7, 11) is -0.461. The minimum Gasteiger partial charge on any atom is -0.398 e. The average molecular weight is 286 g/mol. The van der Waals surface area contributed by atoms with Crippen LogP contribution in [0.3, 0.4) is 0 Å². The molecule has 0 N–H and O–H groups in total. The van der Waals surface area contributed by atoms with Gasteiger partial charge in [0, 0.05) is 12.4 Å². The van der Waals surface area contributed by atoms with Crippen molar-refractivity contribution >= 4 is 12.7 Å². The lowest BCUT2D eigenvalue weighted by molar-refractivity contribution is 0.00578. The topological polar surface area (TPSA) is 62.1 Å². The molecule has 0 aliphatic carbocycles. The maximum atomic E-state index is 6.02. The van der Waals surface area contributed by atoms with E-state index in [9.17, 15) is 0 Å². The molecule has 0 radical (unpaired) electrons. The highest BCUT2D eigenvalue weighted by atomic mass is 16.7. The van der Waals surface area contributed by atoms with Crippen molar-refractivity contribution in [3.8, 4) is 5.82 Å². The van der Waals surface area contributed by atoms with Crippen LogP contribution >= 0.6 is 0 Å². The average Bonchev–Trinajstić information content (AvgIpc) is 2.89. The highest BCUT2D eigenvalue weighted by Crippen LogP contribution is 2.36. The van der Waals surface area contributed by atoms with Crippen molar-refractivity contribution in [2.75, 3.05) is 0 Å². The van der Waals surface area contributed by atoms with E-state index in [0.717, 1.165) is 17.2 Å². The van der Waals surface area contributed by atoms with Gasteiger partial charge in [-0.2, -0.15) is 0 Å². The van der Waals surface area contributed by atoms with E-state index in [1.54, 1.807) is 6.20 Å². The number of aryl methyl sites for hydroxylation is 1. The molecule has 0 aromatic carbocycles. The second-order valence-corrected chi connectivity index (χ2v) is 6.24. The summed E-state index contributed by atoms with van der Waals surface area (Å²) in [5.74, 6) is 1.61. The van der Waals surface area contributed by atoms with Crippen LogP contribution in [0.2, 0.25) is 0 Å². The van der Waals surface area contributed by atoms with E-state index in [4.69, 9.17) is 9.31 Å². The maximum absolute atomic E-state index is 6.02. The smallest absolute Gasteiger partial charge is 0.398 e. The quantitative estimate of drug-likeness (QED) is 0.778. The molecule has 1 aliphatic rings. The van der Waals surface area contributed by atoms with Gasteiger partial charge in [-0.25, -0.2) is 15.0 Å². The van der Waals surface area contributed by atoms with Gasteiger partial charge in [-0.05, 0) is 40.7 Å².